The number of carbonyl (C=O) groups excluding carboxylic acids is 1. The van der Waals surface area contributed by atoms with Gasteiger partial charge in [-0.3, -0.25) is 14.2 Å². The predicted molar refractivity (Wildman–Crippen MR) is 101 cm³/mol. The smallest absolute Gasteiger partial charge is 0.275 e. The summed E-state index contributed by atoms with van der Waals surface area (Å²) in [5, 5.41) is 12.3. The summed E-state index contributed by atoms with van der Waals surface area (Å²) in [5.74, 6) is -0.260. The molecule has 0 saturated heterocycles. The highest BCUT2D eigenvalue weighted by Gasteiger charge is 2.18. The number of rotatable bonds is 4. The average Bonchev–Trinajstić information content (AvgIpc) is 3.07. The monoisotopic (exact) mass is 441 g/mol. The number of carbonyl (C=O) groups is 1. The molecule has 0 spiro atoms. The van der Waals surface area contributed by atoms with E-state index in [2.05, 4.69) is 31.4 Å². The Labute approximate surface area is 162 Å². The number of hydrogen-bond donors (Lipinski definition) is 1. The Morgan fingerprint density at radius 1 is 1.32 bits per heavy atom. The number of benzene rings is 1. The van der Waals surface area contributed by atoms with Gasteiger partial charge in [0.1, 0.15) is 5.69 Å². The van der Waals surface area contributed by atoms with Crippen molar-refractivity contribution in [2.45, 2.75) is 13.5 Å². The Bertz CT molecular complexity index is 950. The summed E-state index contributed by atoms with van der Waals surface area (Å²) in [5.41, 5.74) is 2.76. The van der Waals surface area contributed by atoms with Gasteiger partial charge in [0.2, 0.25) is 0 Å². The van der Waals surface area contributed by atoms with Gasteiger partial charge in [-0.25, -0.2) is 0 Å². The van der Waals surface area contributed by atoms with Crippen LogP contribution in [0.25, 0.3) is 0 Å². The standard InChI is InChI=1S/C16H14BrCl2N5O/c1-9-14(17)15(23(2)22-9)16(25)21-11-6-20-24(8-11)7-10-3-4-12(18)13(19)5-10/h3-6,8H,7H2,1-2H3,(H,21,25). The largest absolute Gasteiger partial charge is 0.318 e. The number of anilines is 1. The van der Waals surface area contributed by atoms with Crippen LogP contribution in [0.3, 0.4) is 0 Å². The molecule has 0 radical (unpaired) electrons. The second-order valence-electron chi connectivity index (χ2n) is 5.50. The number of amides is 1. The van der Waals surface area contributed by atoms with Crippen LogP contribution in [0.1, 0.15) is 21.7 Å². The Hall–Kier alpha value is -1.83. The molecule has 0 bridgehead atoms. The first-order valence-corrected chi connectivity index (χ1v) is 8.87. The molecule has 9 heteroatoms. The zero-order valence-electron chi connectivity index (χ0n) is 13.4. The highest BCUT2D eigenvalue weighted by Crippen LogP contribution is 2.24. The fourth-order valence-corrected chi connectivity index (χ4v) is 3.25. The summed E-state index contributed by atoms with van der Waals surface area (Å²) < 4.78 is 3.92. The van der Waals surface area contributed by atoms with E-state index in [4.69, 9.17) is 23.2 Å². The van der Waals surface area contributed by atoms with E-state index in [9.17, 15) is 4.79 Å². The molecule has 0 aliphatic heterocycles. The van der Waals surface area contributed by atoms with Crippen molar-refractivity contribution >= 4 is 50.7 Å². The molecular formula is C16H14BrCl2N5O. The van der Waals surface area contributed by atoms with Crippen molar-refractivity contribution in [3.8, 4) is 0 Å². The van der Waals surface area contributed by atoms with Crippen LogP contribution in [-0.4, -0.2) is 25.5 Å². The molecular weight excluding hydrogens is 429 g/mol. The van der Waals surface area contributed by atoms with Crippen LogP contribution < -0.4 is 5.32 Å². The van der Waals surface area contributed by atoms with Gasteiger partial charge in [-0.15, -0.1) is 0 Å². The van der Waals surface area contributed by atoms with Crippen LogP contribution in [0, 0.1) is 6.92 Å². The summed E-state index contributed by atoms with van der Waals surface area (Å²) in [6, 6.07) is 5.41. The fraction of sp³-hybridized carbons (Fsp3) is 0.188. The van der Waals surface area contributed by atoms with Gasteiger partial charge in [0.15, 0.2) is 0 Å². The molecule has 1 amide bonds. The molecule has 130 valence electrons. The van der Waals surface area contributed by atoms with Crippen LogP contribution in [0.15, 0.2) is 35.1 Å². The van der Waals surface area contributed by atoms with E-state index in [1.54, 1.807) is 36.3 Å². The second-order valence-corrected chi connectivity index (χ2v) is 7.11. The molecule has 0 atom stereocenters. The lowest BCUT2D eigenvalue weighted by Gasteiger charge is -2.04. The van der Waals surface area contributed by atoms with E-state index >= 15 is 0 Å². The third kappa shape index (κ3) is 3.89. The Morgan fingerprint density at radius 3 is 2.72 bits per heavy atom. The van der Waals surface area contributed by atoms with E-state index in [1.165, 1.54) is 4.68 Å². The number of nitrogens with one attached hydrogen (secondary N) is 1. The first kappa shape index (κ1) is 18.0. The number of halogens is 3. The summed E-state index contributed by atoms with van der Waals surface area (Å²) in [7, 11) is 1.72. The maximum atomic E-state index is 12.4. The first-order chi connectivity index (χ1) is 11.8. The minimum Gasteiger partial charge on any atom is -0.318 e. The number of nitrogens with zero attached hydrogens (tertiary/aromatic N) is 4. The third-order valence-electron chi connectivity index (χ3n) is 3.58. The lowest BCUT2D eigenvalue weighted by Crippen LogP contribution is -2.16. The van der Waals surface area contributed by atoms with Crippen molar-refractivity contribution in [3.63, 3.8) is 0 Å². The normalized spacial score (nSPS) is 10.9. The minimum atomic E-state index is -0.260. The van der Waals surface area contributed by atoms with Crippen molar-refractivity contribution in [3.05, 3.63) is 62.1 Å². The van der Waals surface area contributed by atoms with E-state index in [0.717, 1.165) is 11.3 Å². The number of aromatic nitrogens is 4. The highest BCUT2D eigenvalue weighted by atomic mass is 79.9. The molecule has 0 aliphatic rings. The molecule has 3 rings (SSSR count). The summed E-state index contributed by atoms with van der Waals surface area (Å²) >= 11 is 15.3. The molecule has 1 aromatic carbocycles. The van der Waals surface area contributed by atoms with Crippen molar-refractivity contribution < 1.29 is 4.79 Å². The molecule has 1 N–H and O–H groups in total. The van der Waals surface area contributed by atoms with Crippen LogP contribution in [0.5, 0.6) is 0 Å². The van der Waals surface area contributed by atoms with E-state index in [0.29, 0.717) is 32.4 Å². The summed E-state index contributed by atoms with van der Waals surface area (Å²) in [4.78, 5) is 12.4. The molecule has 0 saturated carbocycles. The summed E-state index contributed by atoms with van der Waals surface area (Å²) in [6.07, 6.45) is 3.34. The van der Waals surface area contributed by atoms with Gasteiger partial charge < -0.3 is 5.32 Å². The minimum absolute atomic E-state index is 0.260. The van der Waals surface area contributed by atoms with Gasteiger partial charge >= 0.3 is 0 Å². The molecule has 2 heterocycles. The molecule has 2 aromatic heterocycles. The van der Waals surface area contributed by atoms with Crippen LogP contribution in [-0.2, 0) is 13.6 Å². The van der Waals surface area contributed by atoms with E-state index < -0.39 is 0 Å². The quantitative estimate of drug-likeness (QED) is 0.655. The van der Waals surface area contributed by atoms with E-state index in [-0.39, 0.29) is 5.91 Å². The van der Waals surface area contributed by atoms with Gasteiger partial charge in [-0.1, -0.05) is 29.3 Å². The Morgan fingerprint density at radius 2 is 2.08 bits per heavy atom. The maximum Gasteiger partial charge on any atom is 0.275 e. The zero-order chi connectivity index (χ0) is 18.1. The van der Waals surface area contributed by atoms with Crippen molar-refractivity contribution in [2.24, 2.45) is 7.05 Å². The molecule has 0 fully saturated rings. The third-order valence-corrected chi connectivity index (χ3v) is 5.27. The topological polar surface area (TPSA) is 64.7 Å². The van der Waals surface area contributed by atoms with Gasteiger partial charge in [-0.05, 0) is 40.5 Å². The Balaban J connectivity index is 1.73. The molecule has 0 aliphatic carbocycles. The van der Waals surface area contributed by atoms with Gasteiger partial charge in [0.25, 0.3) is 5.91 Å². The van der Waals surface area contributed by atoms with Crippen molar-refractivity contribution in [1.29, 1.82) is 0 Å². The van der Waals surface area contributed by atoms with Crippen LogP contribution >= 0.6 is 39.1 Å². The van der Waals surface area contributed by atoms with Crippen LogP contribution in [0.2, 0.25) is 10.0 Å². The molecule has 6 nitrogen and oxygen atoms in total. The highest BCUT2D eigenvalue weighted by molar-refractivity contribution is 9.10. The first-order valence-electron chi connectivity index (χ1n) is 7.32. The van der Waals surface area contributed by atoms with Crippen molar-refractivity contribution in [1.82, 2.24) is 19.6 Å². The average molecular weight is 443 g/mol. The molecule has 3 aromatic rings. The zero-order valence-corrected chi connectivity index (χ0v) is 16.5. The van der Waals surface area contributed by atoms with Gasteiger partial charge in [0, 0.05) is 13.2 Å². The summed E-state index contributed by atoms with van der Waals surface area (Å²) in [6.45, 7) is 2.34. The van der Waals surface area contributed by atoms with E-state index in [1.807, 2.05) is 13.0 Å². The number of aryl methyl sites for hydroxylation is 2. The fourth-order valence-electron chi connectivity index (χ4n) is 2.41. The number of hydrogen-bond acceptors (Lipinski definition) is 3. The van der Waals surface area contributed by atoms with Gasteiger partial charge in [0.05, 0.1) is 38.6 Å². The van der Waals surface area contributed by atoms with Crippen molar-refractivity contribution in [2.75, 3.05) is 5.32 Å². The Kier molecular flexibility index (Phi) is 5.17. The molecule has 25 heavy (non-hydrogen) atoms. The molecule has 0 unspecified atom stereocenters. The lowest BCUT2D eigenvalue weighted by molar-refractivity contribution is 0.101. The predicted octanol–water partition coefficient (Wildman–Crippen LogP) is 4.29. The second kappa shape index (κ2) is 7.19. The SMILES string of the molecule is Cc1nn(C)c(C(=O)Nc2cnn(Cc3ccc(Cl)c(Cl)c3)c2)c1Br. The van der Waals surface area contributed by atoms with Gasteiger partial charge in [-0.2, -0.15) is 10.2 Å². The lowest BCUT2D eigenvalue weighted by atomic mass is 10.2. The van der Waals surface area contributed by atoms with Crippen LogP contribution in [0.4, 0.5) is 5.69 Å². The maximum absolute atomic E-state index is 12.4.